The van der Waals surface area contributed by atoms with Crippen LogP contribution in [0.25, 0.3) is 0 Å². The molecule has 1 rings (SSSR count). The molecule has 1 aromatic carbocycles. The molecule has 0 bridgehead atoms. The van der Waals surface area contributed by atoms with Crippen LogP contribution in [0.2, 0.25) is 0 Å². The number of rotatable bonds is 7. The summed E-state index contributed by atoms with van der Waals surface area (Å²) in [5, 5.41) is 17.6. The summed E-state index contributed by atoms with van der Waals surface area (Å²) in [7, 11) is 0. The zero-order valence-electron chi connectivity index (χ0n) is 14.0. The first kappa shape index (κ1) is 19.6. The first-order valence-electron chi connectivity index (χ1n) is 7.60. The van der Waals surface area contributed by atoms with Gasteiger partial charge in [-0.2, -0.15) is 0 Å². The van der Waals surface area contributed by atoms with E-state index < -0.39 is 29.4 Å². The van der Waals surface area contributed by atoms with E-state index >= 15 is 0 Å². The Kier molecular flexibility index (Phi) is 6.91. The Labute approximate surface area is 140 Å². The number of aromatic carboxylic acids is 1. The number of carbonyl (C=O) groups excluding carboxylic acids is 2. The van der Waals surface area contributed by atoms with Crippen LogP contribution in [0.3, 0.4) is 0 Å². The van der Waals surface area contributed by atoms with Crippen LogP contribution in [0.15, 0.2) is 24.3 Å². The number of benzene rings is 1. The molecular weight excluding hydrogens is 314 g/mol. The molecule has 0 saturated heterocycles. The van der Waals surface area contributed by atoms with Crippen LogP contribution in [-0.2, 0) is 20.7 Å². The van der Waals surface area contributed by atoms with Gasteiger partial charge in [-0.05, 0) is 51.3 Å². The third-order valence-corrected chi connectivity index (χ3v) is 3.24. The van der Waals surface area contributed by atoms with Crippen LogP contribution in [0.5, 0.6) is 0 Å². The van der Waals surface area contributed by atoms with Gasteiger partial charge in [0.25, 0.3) is 0 Å². The third kappa shape index (κ3) is 6.78. The quantitative estimate of drug-likeness (QED) is 0.399. The highest BCUT2D eigenvalue weighted by atomic mass is 16.6. The third-order valence-electron chi connectivity index (χ3n) is 3.24. The minimum Gasteiger partial charge on any atom is -0.478 e. The molecule has 132 valence electrons. The summed E-state index contributed by atoms with van der Waals surface area (Å²) in [5.74, 6) is -2.73. The van der Waals surface area contributed by atoms with Crippen molar-refractivity contribution in [1.82, 2.24) is 5.48 Å². The Balaban J connectivity index is 2.91. The number of ether oxygens (including phenoxy) is 1. The molecule has 24 heavy (non-hydrogen) atoms. The van der Waals surface area contributed by atoms with E-state index in [0.29, 0.717) is 5.56 Å². The standard InChI is InChI=1S/C17H23NO6/c1-17(2,3)24-16(22)13(7-8-14(19)18-23)10-11-5-4-6-12(9-11)15(20)21/h4-6,9,13,23H,7-8,10H2,1-3H3,(H,18,19)(H,20,21). The SMILES string of the molecule is CC(C)(C)OC(=O)C(CCC(=O)NO)Cc1cccc(C(=O)O)c1. The van der Waals surface area contributed by atoms with E-state index in [0.717, 1.165) is 0 Å². The number of hydrogen-bond donors (Lipinski definition) is 3. The number of carboxylic acid groups (broad SMARTS) is 1. The van der Waals surface area contributed by atoms with Gasteiger partial charge in [-0.15, -0.1) is 0 Å². The number of nitrogens with one attached hydrogen (secondary N) is 1. The lowest BCUT2D eigenvalue weighted by atomic mass is 9.93. The smallest absolute Gasteiger partial charge is 0.335 e. The Hall–Kier alpha value is -2.41. The first-order chi connectivity index (χ1) is 11.1. The van der Waals surface area contributed by atoms with E-state index in [2.05, 4.69) is 0 Å². The van der Waals surface area contributed by atoms with E-state index in [1.807, 2.05) is 0 Å². The van der Waals surface area contributed by atoms with Gasteiger partial charge in [0.1, 0.15) is 5.60 Å². The van der Waals surface area contributed by atoms with Gasteiger partial charge >= 0.3 is 11.9 Å². The lowest BCUT2D eigenvalue weighted by molar-refractivity contribution is -0.160. The zero-order chi connectivity index (χ0) is 18.3. The van der Waals surface area contributed by atoms with Gasteiger partial charge in [0.05, 0.1) is 11.5 Å². The molecule has 0 aliphatic carbocycles. The molecule has 3 N–H and O–H groups in total. The van der Waals surface area contributed by atoms with Crippen LogP contribution in [0, 0.1) is 5.92 Å². The minimum absolute atomic E-state index is 0.0426. The predicted octanol–water partition coefficient (Wildman–Crippen LogP) is 2.17. The van der Waals surface area contributed by atoms with Gasteiger partial charge in [-0.1, -0.05) is 12.1 Å². The fourth-order valence-electron chi connectivity index (χ4n) is 2.17. The van der Waals surface area contributed by atoms with Crippen molar-refractivity contribution in [3.8, 4) is 0 Å². The molecule has 0 aromatic heterocycles. The highest BCUT2D eigenvalue weighted by Gasteiger charge is 2.26. The van der Waals surface area contributed by atoms with E-state index in [4.69, 9.17) is 15.1 Å². The van der Waals surface area contributed by atoms with E-state index in [1.165, 1.54) is 17.6 Å². The summed E-state index contributed by atoms with van der Waals surface area (Å²) in [4.78, 5) is 34.6. The van der Waals surface area contributed by atoms with Crippen molar-refractivity contribution in [3.63, 3.8) is 0 Å². The van der Waals surface area contributed by atoms with Crippen LogP contribution in [0.4, 0.5) is 0 Å². The second kappa shape index (κ2) is 8.44. The van der Waals surface area contributed by atoms with Crippen LogP contribution >= 0.6 is 0 Å². The maximum Gasteiger partial charge on any atom is 0.335 e. The molecule has 1 unspecified atom stereocenters. The molecule has 0 aliphatic rings. The second-order valence-corrected chi connectivity index (χ2v) is 6.51. The summed E-state index contributed by atoms with van der Waals surface area (Å²) in [6, 6.07) is 6.28. The maximum atomic E-state index is 12.4. The monoisotopic (exact) mass is 337 g/mol. The normalized spacial score (nSPS) is 12.3. The number of amides is 1. The largest absolute Gasteiger partial charge is 0.478 e. The second-order valence-electron chi connectivity index (χ2n) is 6.51. The van der Waals surface area contributed by atoms with Gasteiger partial charge < -0.3 is 9.84 Å². The number of hydrogen-bond acceptors (Lipinski definition) is 5. The Morgan fingerprint density at radius 1 is 1.25 bits per heavy atom. The number of carboxylic acids is 1. The van der Waals surface area contributed by atoms with Crippen molar-refractivity contribution in [1.29, 1.82) is 0 Å². The zero-order valence-corrected chi connectivity index (χ0v) is 14.0. The molecule has 0 fully saturated rings. The first-order valence-corrected chi connectivity index (χ1v) is 7.60. The van der Waals surface area contributed by atoms with Crippen LogP contribution in [-0.4, -0.2) is 33.8 Å². The van der Waals surface area contributed by atoms with Crippen molar-refractivity contribution in [3.05, 3.63) is 35.4 Å². The predicted molar refractivity (Wildman–Crippen MR) is 85.6 cm³/mol. The number of carbonyl (C=O) groups is 3. The van der Waals surface area contributed by atoms with Crippen LogP contribution < -0.4 is 5.48 Å². The molecule has 7 heteroatoms. The average molecular weight is 337 g/mol. The summed E-state index contributed by atoms with van der Waals surface area (Å²) in [6.45, 7) is 5.23. The fourth-order valence-corrected chi connectivity index (χ4v) is 2.17. The van der Waals surface area contributed by atoms with Crippen molar-refractivity contribution < 1.29 is 29.4 Å². The molecule has 1 amide bonds. The van der Waals surface area contributed by atoms with Gasteiger partial charge in [-0.3, -0.25) is 14.8 Å². The molecular formula is C17H23NO6. The Bertz CT molecular complexity index is 605. The lowest BCUT2D eigenvalue weighted by Crippen LogP contribution is -2.31. The molecule has 7 nitrogen and oxygen atoms in total. The molecule has 0 aliphatic heterocycles. The molecule has 0 saturated carbocycles. The van der Waals surface area contributed by atoms with Crippen molar-refractivity contribution in [2.45, 2.75) is 45.6 Å². The van der Waals surface area contributed by atoms with Gasteiger partial charge in [0, 0.05) is 6.42 Å². The molecule has 1 aromatic rings. The summed E-state index contributed by atoms with van der Waals surface area (Å²) < 4.78 is 5.37. The average Bonchev–Trinajstić information content (AvgIpc) is 2.49. The highest BCUT2D eigenvalue weighted by Crippen LogP contribution is 2.20. The number of hydroxylamine groups is 1. The van der Waals surface area contributed by atoms with E-state index in [1.54, 1.807) is 32.9 Å². The topological polar surface area (TPSA) is 113 Å². The van der Waals surface area contributed by atoms with Gasteiger partial charge in [-0.25, -0.2) is 10.3 Å². The van der Waals surface area contributed by atoms with Crippen molar-refractivity contribution in [2.24, 2.45) is 5.92 Å². The summed E-state index contributed by atoms with van der Waals surface area (Å²) in [5.41, 5.74) is 1.65. The summed E-state index contributed by atoms with van der Waals surface area (Å²) >= 11 is 0. The van der Waals surface area contributed by atoms with Crippen molar-refractivity contribution in [2.75, 3.05) is 0 Å². The van der Waals surface area contributed by atoms with Crippen molar-refractivity contribution >= 4 is 17.8 Å². The van der Waals surface area contributed by atoms with E-state index in [-0.39, 0.29) is 24.8 Å². The maximum absolute atomic E-state index is 12.4. The Morgan fingerprint density at radius 3 is 2.46 bits per heavy atom. The van der Waals surface area contributed by atoms with Gasteiger partial charge in [0.15, 0.2) is 0 Å². The highest BCUT2D eigenvalue weighted by molar-refractivity contribution is 5.87. The van der Waals surface area contributed by atoms with Gasteiger partial charge in [0.2, 0.25) is 5.91 Å². The van der Waals surface area contributed by atoms with E-state index in [9.17, 15) is 14.4 Å². The van der Waals surface area contributed by atoms with Crippen LogP contribution in [0.1, 0.15) is 49.5 Å². The summed E-state index contributed by atoms with van der Waals surface area (Å²) in [6.07, 6.45) is 0.381. The minimum atomic E-state index is -1.05. The number of esters is 1. The molecule has 0 spiro atoms. The molecule has 1 atom stereocenters. The fraction of sp³-hybridized carbons (Fsp3) is 0.471. The molecule has 0 radical (unpaired) electrons. The lowest BCUT2D eigenvalue weighted by Gasteiger charge is -2.24. The molecule has 0 heterocycles. The Morgan fingerprint density at radius 2 is 1.92 bits per heavy atom.